The van der Waals surface area contributed by atoms with Crippen LogP contribution in [0, 0.1) is 5.92 Å². The molecule has 8 heteroatoms. The second-order valence-corrected chi connectivity index (χ2v) is 10.6. The molecule has 5 rings (SSSR count). The minimum Gasteiger partial charge on any atom is -0.480 e. The predicted octanol–water partition coefficient (Wildman–Crippen LogP) is 4.87. The lowest BCUT2D eigenvalue weighted by atomic mass is 9.78. The molecule has 0 aromatic heterocycles. The minimum atomic E-state index is -1.15. The highest BCUT2D eigenvalue weighted by molar-refractivity contribution is 5.84. The maximum Gasteiger partial charge on any atom is 0.407 e. The molecule has 2 aliphatic rings. The highest BCUT2D eigenvalue weighted by Gasteiger charge is 2.35. The molecule has 208 valence electrons. The van der Waals surface area contributed by atoms with E-state index in [1.807, 2.05) is 54.6 Å². The van der Waals surface area contributed by atoms with E-state index in [0.29, 0.717) is 12.8 Å². The number of amides is 2. The average molecular weight is 543 g/mol. The number of aliphatic carboxylic acids is 1. The van der Waals surface area contributed by atoms with Crippen LogP contribution in [-0.4, -0.2) is 47.9 Å². The molecule has 2 aliphatic carbocycles. The fraction of sp³-hybridized carbons (Fsp3) is 0.344. The van der Waals surface area contributed by atoms with Crippen molar-refractivity contribution >= 4 is 18.0 Å². The number of nitrogens with one attached hydrogen (secondary N) is 2. The van der Waals surface area contributed by atoms with Gasteiger partial charge in [0, 0.05) is 18.4 Å². The molecular formula is C32H34N2O6. The minimum absolute atomic E-state index is 0.00256. The van der Waals surface area contributed by atoms with E-state index in [-0.39, 0.29) is 43.4 Å². The smallest absolute Gasteiger partial charge is 0.407 e. The summed E-state index contributed by atoms with van der Waals surface area (Å²) in [4.78, 5) is 36.9. The topological polar surface area (TPSA) is 114 Å². The number of hydrogen-bond acceptors (Lipinski definition) is 5. The van der Waals surface area contributed by atoms with Gasteiger partial charge in [0.05, 0.1) is 12.7 Å². The van der Waals surface area contributed by atoms with E-state index in [1.165, 1.54) is 11.1 Å². The van der Waals surface area contributed by atoms with Gasteiger partial charge < -0.3 is 25.2 Å². The third-order valence-corrected chi connectivity index (χ3v) is 7.78. The van der Waals surface area contributed by atoms with Crippen molar-refractivity contribution in [1.82, 2.24) is 10.6 Å². The highest BCUT2D eigenvalue weighted by Crippen LogP contribution is 2.44. The van der Waals surface area contributed by atoms with Crippen LogP contribution in [0.1, 0.15) is 48.8 Å². The Bertz CT molecular complexity index is 1310. The van der Waals surface area contributed by atoms with Crippen molar-refractivity contribution in [1.29, 1.82) is 0 Å². The molecule has 3 aromatic rings. The Balaban J connectivity index is 1.04. The van der Waals surface area contributed by atoms with Crippen LogP contribution in [0.4, 0.5) is 4.79 Å². The Kier molecular flexibility index (Phi) is 8.45. The number of benzene rings is 3. The number of alkyl carbamates (subject to hydrolysis) is 1. The zero-order valence-electron chi connectivity index (χ0n) is 22.4. The summed E-state index contributed by atoms with van der Waals surface area (Å²) in [5.41, 5.74) is 5.59. The third kappa shape index (κ3) is 6.34. The largest absolute Gasteiger partial charge is 0.480 e. The highest BCUT2D eigenvalue weighted by atomic mass is 16.5. The molecule has 3 aromatic carbocycles. The first-order valence-corrected chi connectivity index (χ1v) is 13.7. The number of rotatable bonds is 11. The number of fused-ring (bicyclic) bond motifs is 3. The summed E-state index contributed by atoms with van der Waals surface area (Å²) in [6.07, 6.45) is 0.291. The quantitative estimate of drug-likeness (QED) is 0.319. The number of carboxylic acids is 1. The number of carboxylic acid groups (broad SMARTS) is 1. The van der Waals surface area contributed by atoms with E-state index in [2.05, 4.69) is 34.9 Å². The molecule has 0 aliphatic heterocycles. The van der Waals surface area contributed by atoms with Gasteiger partial charge in [-0.3, -0.25) is 4.79 Å². The second kappa shape index (κ2) is 12.3. The lowest BCUT2D eigenvalue weighted by Gasteiger charge is -2.35. The normalized spacial score (nSPS) is 18.9. The fourth-order valence-corrected chi connectivity index (χ4v) is 5.60. The molecule has 2 atom stereocenters. The van der Waals surface area contributed by atoms with Crippen molar-refractivity contribution in [2.24, 2.45) is 5.92 Å². The van der Waals surface area contributed by atoms with Gasteiger partial charge in [0.1, 0.15) is 6.61 Å². The van der Waals surface area contributed by atoms with Gasteiger partial charge in [0.2, 0.25) is 5.91 Å². The first kappa shape index (κ1) is 27.4. The van der Waals surface area contributed by atoms with Crippen molar-refractivity contribution in [2.75, 3.05) is 6.61 Å². The molecule has 8 nitrogen and oxygen atoms in total. The van der Waals surface area contributed by atoms with Crippen LogP contribution in [0.5, 0.6) is 0 Å². The fourth-order valence-electron chi connectivity index (χ4n) is 5.60. The zero-order chi connectivity index (χ0) is 28.1. The van der Waals surface area contributed by atoms with E-state index in [9.17, 15) is 19.5 Å². The summed E-state index contributed by atoms with van der Waals surface area (Å²) < 4.78 is 11.3. The molecule has 2 unspecified atom stereocenters. The van der Waals surface area contributed by atoms with Gasteiger partial charge in [-0.2, -0.15) is 0 Å². The molecule has 0 spiro atoms. The zero-order valence-corrected chi connectivity index (χ0v) is 22.4. The van der Waals surface area contributed by atoms with Gasteiger partial charge in [-0.25, -0.2) is 9.59 Å². The SMILES string of the molecule is CC(OCc1ccccc1)C(NC(=O)CC1CC(NC(=O)OCC2c3ccccc3-c3ccccc32)C1)C(=O)O. The number of carbonyl (C=O) groups is 3. The molecule has 0 bridgehead atoms. The first-order valence-electron chi connectivity index (χ1n) is 13.7. The maximum absolute atomic E-state index is 12.6. The summed E-state index contributed by atoms with van der Waals surface area (Å²) in [5.74, 6) is -1.42. The molecular weight excluding hydrogens is 508 g/mol. The van der Waals surface area contributed by atoms with E-state index in [1.54, 1.807) is 6.92 Å². The van der Waals surface area contributed by atoms with Gasteiger partial charge in [-0.15, -0.1) is 0 Å². The summed E-state index contributed by atoms with van der Waals surface area (Å²) in [7, 11) is 0. The molecule has 2 amide bonds. The lowest BCUT2D eigenvalue weighted by Crippen LogP contribution is -2.50. The van der Waals surface area contributed by atoms with Crippen molar-refractivity contribution in [3.63, 3.8) is 0 Å². The van der Waals surface area contributed by atoms with Gasteiger partial charge in [-0.05, 0) is 53.5 Å². The van der Waals surface area contributed by atoms with Crippen LogP contribution in [0.15, 0.2) is 78.9 Å². The third-order valence-electron chi connectivity index (χ3n) is 7.78. The van der Waals surface area contributed by atoms with Crippen molar-refractivity contribution in [2.45, 2.75) is 56.9 Å². The maximum atomic E-state index is 12.6. The molecule has 1 fully saturated rings. The molecule has 0 heterocycles. The summed E-state index contributed by atoms with van der Waals surface area (Å²) in [6.45, 7) is 2.15. The standard InChI is InChI=1S/C32H34N2O6/c1-20(39-18-21-9-3-2-4-10-21)30(31(36)37)34-29(35)17-22-15-23(16-22)33-32(38)40-19-28-26-13-7-5-11-24(26)25-12-6-8-14-27(25)28/h2-14,20,22-23,28,30H,15-19H2,1H3,(H,33,38)(H,34,35)(H,36,37). The Morgan fingerprint density at radius 2 is 1.50 bits per heavy atom. The van der Waals surface area contributed by atoms with E-state index < -0.39 is 24.2 Å². The van der Waals surface area contributed by atoms with Crippen LogP contribution in [0.3, 0.4) is 0 Å². The molecule has 0 saturated heterocycles. The van der Waals surface area contributed by atoms with Gasteiger partial charge in [0.25, 0.3) is 0 Å². The van der Waals surface area contributed by atoms with Crippen molar-refractivity contribution in [3.8, 4) is 11.1 Å². The molecule has 40 heavy (non-hydrogen) atoms. The van der Waals surface area contributed by atoms with Gasteiger partial charge in [0.15, 0.2) is 6.04 Å². The van der Waals surface area contributed by atoms with Crippen LogP contribution in [0.25, 0.3) is 11.1 Å². The number of hydrogen-bond donors (Lipinski definition) is 3. The van der Waals surface area contributed by atoms with Crippen molar-refractivity contribution < 1.29 is 29.0 Å². The van der Waals surface area contributed by atoms with Crippen molar-refractivity contribution in [3.05, 3.63) is 95.6 Å². The van der Waals surface area contributed by atoms with E-state index in [0.717, 1.165) is 16.7 Å². The Labute approximate surface area is 233 Å². The molecule has 0 radical (unpaired) electrons. The Hall–Kier alpha value is -4.17. The van der Waals surface area contributed by atoms with E-state index >= 15 is 0 Å². The lowest BCUT2D eigenvalue weighted by molar-refractivity contribution is -0.146. The Morgan fingerprint density at radius 3 is 2.12 bits per heavy atom. The average Bonchev–Trinajstić information content (AvgIpc) is 3.26. The predicted molar refractivity (Wildman–Crippen MR) is 150 cm³/mol. The van der Waals surface area contributed by atoms with Gasteiger partial charge in [-0.1, -0.05) is 78.9 Å². The van der Waals surface area contributed by atoms with Crippen LogP contribution in [0.2, 0.25) is 0 Å². The van der Waals surface area contributed by atoms with Gasteiger partial charge >= 0.3 is 12.1 Å². The number of carbonyl (C=O) groups excluding carboxylic acids is 2. The molecule has 1 saturated carbocycles. The first-order chi connectivity index (χ1) is 19.4. The summed E-state index contributed by atoms with van der Waals surface area (Å²) in [5, 5.41) is 15.1. The monoisotopic (exact) mass is 542 g/mol. The Morgan fingerprint density at radius 1 is 0.900 bits per heavy atom. The second-order valence-electron chi connectivity index (χ2n) is 10.6. The van der Waals surface area contributed by atoms with E-state index in [4.69, 9.17) is 9.47 Å². The molecule has 3 N–H and O–H groups in total. The summed E-state index contributed by atoms with van der Waals surface area (Å²) in [6, 6.07) is 24.6. The van der Waals surface area contributed by atoms with Crippen LogP contribution < -0.4 is 10.6 Å². The summed E-state index contributed by atoms with van der Waals surface area (Å²) >= 11 is 0. The van der Waals surface area contributed by atoms with Crippen LogP contribution in [-0.2, 0) is 25.7 Å². The van der Waals surface area contributed by atoms with Crippen LogP contribution >= 0.6 is 0 Å². The number of ether oxygens (including phenoxy) is 2.